The molecule has 0 aliphatic carbocycles. The first-order chi connectivity index (χ1) is 23.1. The average molecular weight is 616 g/mol. The third-order valence-corrected chi connectivity index (χ3v) is 8.21. The van der Waals surface area contributed by atoms with Crippen molar-refractivity contribution in [2.75, 3.05) is 9.80 Å². The molecule has 0 saturated heterocycles. The summed E-state index contributed by atoms with van der Waals surface area (Å²) in [5.41, 5.74) is 8.06. The molecule has 6 rings (SSSR count). The molecule has 0 amide bonds. The maximum Gasteiger partial charge on any atom is 0.477 e. The van der Waals surface area contributed by atoms with Crippen LogP contribution in [0.2, 0.25) is 0 Å². The van der Waals surface area contributed by atoms with Gasteiger partial charge in [0.1, 0.15) is 0 Å². The summed E-state index contributed by atoms with van der Waals surface area (Å²) in [6, 6.07) is 56.9. The second-order valence-electron chi connectivity index (χ2n) is 11.7. The molecule has 0 radical (unpaired) electrons. The van der Waals surface area contributed by atoms with Crippen LogP contribution in [0.15, 0.2) is 170 Å². The van der Waals surface area contributed by atoms with Gasteiger partial charge in [0.2, 0.25) is 0 Å². The van der Waals surface area contributed by atoms with Gasteiger partial charge in [0.25, 0.3) is 0 Å². The van der Waals surface area contributed by atoms with Crippen LogP contribution >= 0.6 is 0 Å². The maximum absolute atomic E-state index is 10.9. The molecular formula is C40H38B2N2O3. The summed E-state index contributed by atoms with van der Waals surface area (Å²) in [5, 5.41) is 21.8. The summed E-state index contributed by atoms with van der Waals surface area (Å²) in [6.45, 7) is 2.99. The Kier molecular flexibility index (Phi) is 10.8. The van der Waals surface area contributed by atoms with Crippen molar-refractivity contribution in [2.24, 2.45) is 0 Å². The molecule has 232 valence electrons. The highest BCUT2D eigenvalue weighted by Crippen LogP contribution is 2.21. The summed E-state index contributed by atoms with van der Waals surface area (Å²) in [4.78, 5) is 4.61. The van der Waals surface area contributed by atoms with E-state index in [2.05, 4.69) is 107 Å². The lowest BCUT2D eigenvalue weighted by Crippen LogP contribution is -2.45. The number of hydrogen-bond donors (Lipinski definition) is 2. The maximum atomic E-state index is 10.9. The molecule has 0 bridgehead atoms. The van der Waals surface area contributed by atoms with E-state index in [9.17, 15) is 10.0 Å². The van der Waals surface area contributed by atoms with E-state index >= 15 is 0 Å². The van der Waals surface area contributed by atoms with Gasteiger partial charge < -0.3 is 24.4 Å². The standard InChI is InChI=1S/C40H38B2N2O3/c45-41(37-21-25-39(26-22-37)43(29-33-13-5-1-6-14-33)30-34-15-7-2-8-16-34)47-42(46)38-23-27-40(28-24-38)44(31-35-17-9-3-10-18-35)32-36-19-11-4-12-20-36/h1-28,45-46H,29-32H2. The summed E-state index contributed by atoms with van der Waals surface area (Å²) in [5.74, 6) is 0. The Morgan fingerprint density at radius 1 is 0.362 bits per heavy atom. The summed E-state index contributed by atoms with van der Waals surface area (Å²) < 4.78 is 5.69. The molecule has 47 heavy (non-hydrogen) atoms. The van der Waals surface area contributed by atoms with E-state index in [1.165, 1.54) is 22.3 Å². The molecule has 0 spiro atoms. The Morgan fingerprint density at radius 2 is 0.617 bits per heavy atom. The van der Waals surface area contributed by atoms with Gasteiger partial charge in [-0.05, 0) is 57.4 Å². The van der Waals surface area contributed by atoms with Crippen LogP contribution in [0.1, 0.15) is 22.3 Å². The Bertz CT molecular complexity index is 1560. The van der Waals surface area contributed by atoms with Crippen LogP contribution in [0.3, 0.4) is 0 Å². The molecule has 0 atom stereocenters. The van der Waals surface area contributed by atoms with Crippen molar-refractivity contribution in [3.05, 3.63) is 192 Å². The highest BCUT2D eigenvalue weighted by atomic mass is 16.5. The summed E-state index contributed by atoms with van der Waals surface area (Å²) >= 11 is 0. The van der Waals surface area contributed by atoms with Gasteiger partial charge >= 0.3 is 14.2 Å². The fourth-order valence-corrected chi connectivity index (χ4v) is 5.67. The van der Waals surface area contributed by atoms with Crippen molar-refractivity contribution in [2.45, 2.75) is 26.2 Å². The predicted molar refractivity (Wildman–Crippen MR) is 195 cm³/mol. The Labute approximate surface area is 278 Å². The molecule has 7 heteroatoms. The second-order valence-corrected chi connectivity index (χ2v) is 11.7. The normalized spacial score (nSPS) is 10.8. The zero-order valence-electron chi connectivity index (χ0n) is 26.3. The van der Waals surface area contributed by atoms with E-state index in [1.54, 1.807) is 0 Å². The molecule has 2 N–H and O–H groups in total. The van der Waals surface area contributed by atoms with Crippen molar-refractivity contribution < 1.29 is 14.6 Å². The predicted octanol–water partition coefficient (Wildman–Crippen LogP) is 6.19. The highest BCUT2D eigenvalue weighted by Gasteiger charge is 2.26. The Hall–Kier alpha value is -5.07. The van der Waals surface area contributed by atoms with Crippen molar-refractivity contribution in [1.29, 1.82) is 0 Å². The van der Waals surface area contributed by atoms with Crippen molar-refractivity contribution in [3.8, 4) is 0 Å². The lowest BCUT2D eigenvalue weighted by Gasteiger charge is -2.26. The lowest BCUT2D eigenvalue weighted by atomic mass is 9.71. The minimum absolute atomic E-state index is 0.570. The van der Waals surface area contributed by atoms with E-state index < -0.39 is 14.2 Å². The number of hydrogen-bond acceptors (Lipinski definition) is 5. The summed E-state index contributed by atoms with van der Waals surface area (Å²) in [7, 11) is -2.58. The van der Waals surface area contributed by atoms with Crippen molar-refractivity contribution >= 4 is 36.5 Å². The molecule has 0 heterocycles. The molecular weight excluding hydrogens is 578 g/mol. The first-order valence-corrected chi connectivity index (χ1v) is 16.0. The van der Waals surface area contributed by atoms with Gasteiger partial charge in [0, 0.05) is 37.6 Å². The molecule has 0 aromatic heterocycles. The van der Waals surface area contributed by atoms with Gasteiger partial charge in [0.05, 0.1) is 0 Å². The van der Waals surface area contributed by atoms with Crippen LogP contribution in [0.4, 0.5) is 11.4 Å². The third kappa shape index (κ3) is 9.02. The second kappa shape index (κ2) is 16.0. The van der Waals surface area contributed by atoms with Crippen LogP contribution in [-0.4, -0.2) is 24.3 Å². The van der Waals surface area contributed by atoms with E-state index in [4.69, 9.17) is 4.57 Å². The smallest absolute Gasteiger partial charge is 0.443 e. The van der Waals surface area contributed by atoms with Crippen LogP contribution in [0.25, 0.3) is 0 Å². The fraction of sp³-hybridized carbons (Fsp3) is 0.100. The fourth-order valence-electron chi connectivity index (χ4n) is 5.67. The SMILES string of the molecule is OB(OB(O)c1ccc(N(Cc2ccccc2)Cc2ccccc2)cc1)c1ccc(N(Cc2ccccc2)Cc2ccccc2)cc1. The number of benzene rings is 6. The largest absolute Gasteiger partial charge is 0.477 e. The zero-order chi connectivity index (χ0) is 32.3. The minimum Gasteiger partial charge on any atom is -0.443 e. The van der Waals surface area contributed by atoms with Crippen LogP contribution in [0, 0.1) is 0 Å². The van der Waals surface area contributed by atoms with Gasteiger partial charge in [-0.25, -0.2) is 0 Å². The highest BCUT2D eigenvalue weighted by molar-refractivity contribution is 6.73. The van der Waals surface area contributed by atoms with Crippen LogP contribution < -0.4 is 20.7 Å². The summed E-state index contributed by atoms with van der Waals surface area (Å²) in [6.07, 6.45) is 0. The molecule has 0 fully saturated rings. The molecule has 0 aliphatic rings. The lowest BCUT2D eigenvalue weighted by molar-refractivity contribution is 0.379. The van der Waals surface area contributed by atoms with E-state index in [0.29, 0.717) is 10.9 Å². The van der Waals surface area contributed by atoms with Crippen molar-refractivity contribution in [1.82, 2.24) is 0 Å². The van der Waals surface area contributed by atoms with Gasteiger partial charge in [-0.3, -0.25) is 0 Å². The van der Waals surface area contributed by atoms with Gasteiger partial charge in [0.15, 0.2) is 0 Å². The topological polar surface area (TPSA) is 56.2 Å². The molecule has 6 aromatic rings. The van der Waals surface area contributed by atoms with Crippen LogP contribution in [-0.2, 0) is 30.8 Å². The monoisotopic (exact) mass is 616 g/mol. The van der Waals surface area contributed by atoms with E-state index in [-0.39, 0.29) is 0 Å². The van der Waals surface area contributed by atoms with E-state index in [0.717, 1.165) is 37.6 Å². The quantitative estimate of drug-likeness (QED) is 0.143. The van der Waals surface area contributed by atoms with Crippen molar-refractivity contribution in [3.63, 3.8) is 0 Å². The molecule has 0 aliphatic heterocycles. The number of rotatable bonds is 14. The minimum atomic E-state index is -1.29. The molecule has 0 unspecified atom stereocenters. The Balaban J connectivity index is 1.12. The Morgan fingerprint density at radius 3 is 0.872 bits per heavy atom. The van der Waals surface area contributed by atoms with Crippen LogP contribution in [0.5, 0.6) is 0 Å². The molecule has 5 nitrogen and oxygen atoms in total. The zero-order valence-corrected chi connectivity index (χ0v) is 26.3. The van der Waals surface area contributed by atoms with Gasteiger partial charge in [-0.2, -0.15) is 0 Å². The van der Waals surface area contributed by atoms with Gasteiger partial charge in [-0.15, -0.1) is 0 Å². The van der Waals surface area contributed by atoms with E-state index in [1.807, 2.05) is 72.8 Å². The molecule has 6 aromatic carbocycles. The average Bonchev–Trinajstić information content (AvgIpc) is 3.13. The third-order valence-electron chi connectivity index (χ3n) is 8.21. The number of nitrogens with zero attached hydrogens (tertiary/aromatic N) is 2. The molecule has 0 saturated carbocycles. The van der Waals surface area contributed by atoms with Gasteiger partial charge in [-0.1, -0.05) is 146 Å². The number of anilines is 2. The first-order valence-electron chi connectivity index (χ1n) is 16.0. The first kappa shape index (κ1) is 31.9.